The zero-order chi connectivity index (χ0) is 11.4. The van der Waals surface area contributed by atoms with Gasteiger partial charge in [0.1, 0.15) is 0 Å². The molecule has 0 aliphatic heterocycles. The van der Waals surface area contributed by atoms with Crippen LogP contribution in [0.5, 0.6) is 0 Å². The monoisotopic (exact) mass is 219 g/mol. The molecule has 16 heavy (non-hydrogen) atoms. The summed E-state index contributed by atoms with van der Waals surface area (Å²) in [6, 6.07) is 0. The first-order valence-corrected chi connectivity index (χ1v) is 5.00. The fourth-order valence-corrected chi connectivity index (χ4v) is 1.37. The van der Waals surface area contributed by atoms with Crippen LogP contribution in [0.4, 0.5) is 0 Å². The summed E-state index contributed by atoms with van der Waals surface area (Å²) in [6.07, 6.45) is 7.34. The van der Waals surface area contributed by atoms with Crippen LogP contribution < -0.4 is 5.32 Å². The molecule has 84 valence electrons. The number of H-pyrrole nitrogens is 1. The van der Waals surface area contributed by atoms with E-state index in [1.165, 1.54) is 0 Å². The summed E-state index contributed by atoms with van der Waals surface area (Å²) in [5, 5.41) is 6.75. The van der Waals surface area contributed by atoms with Crippen molar-refractivity contribution in [1.82, 2.24) is 25.1 Å². The van der Waals surface area contributed by atoms with Crippen LogP contribution in [0.15, 0.2) is 24.9 Å². The number of amides is 1. The molecule has 0 atom stereocenters. The molecule has 0 spiro atoms. The summed E-state index contributed by atoms with van der Waals surface area (Å²) < 4.78 is 1.60. The van der Waals surface area contributed by atoms with Gasteiger partial charge in [0, 0.05) is 38.1 Å². The molecule has 0 fully saturated rings. The molecule has 2 aromatic rings. The van der Waals surface area contributed by atoms with Crippen molar-refractivity contribution in [1.29, 1.82) is 0 Å². The van der Waals surface area contributed by atoms with Crippen molar-refractivity contribution in [3.05, 3.63) is 36.2 Å². The molecule has 2 N–H and O–H groups in total. The highest BCUT2D eigenvalue weighted by Gasteiger charge is 2.06. The Morgan fingerprint density at radius 1 is 1.56 bits per heavy atom. The van der Waals surface area contributed by atoms with Crippen LogP contribution in [-0.2, 0) is 13.5 Å². The summed E-state index contributed by atoms with van der Waals surface area (Å²) >= 11 is 0. The van der Waals surface area contributed by atoms with Crippen molar-refractivity contribution in [2.75, 3.05) is 6.54 Å². The Morgan fingerprint density at radius 2 is 2.44 bits per heavy atom. The number of carbonyl (C=O) groups is 1. The third-order valence-electron chi connectivity index (χ3n) is 2.20. The quantitative estimate of drug-likeness (QED) is 0.766. The van der Waals surface area contributed by atoms with Crippen LogP contribution in [0.25, 0.3) is 0 Å². The summed E-state index contributed by atoms with van der Waals surface area (Å²) in [6.45, 7) is 0.579. The molecule has 0 saturated carbocycles. The van der Waals surface area contributed by atoms with E-state index in [4.69, 9.17) is 0 Å². The standard InChI is InChI=1S/C10H13N5O/c1-15-6-8(4-14-15)10(16)12-3-2-9-5-11-7-13-9/h4-7H,2-3H2,1H3,(H,11,13)(H,12,16). The topological polar surface area (TPSA) is 75.6 Å². The maximum Gasteiger partial charge on any atom is 0.254 e. The second kappa shape index (κ2) is 4.61. The third kappa shape index (κ3) is 2.47. The average molecular weight is 219 g/mol. The molecule has 2 rings (SSSR count). The van der Waals surface area contributed by atoms with E-state index in [1.54, 1.807) is 36.6 Å². The smallest absolute Gasteiger partial charge is 0.254 e. The molecule has 2 aromatic heterocycles. The predicted octanol–water partition coefficient (Wildman–Crippen LogP) is 0.116. The van der Waals surface area contributed by atoms with Crippen molar-refractivity contribution in [3.63, 3.8) is 0 Å². The van der Waals surface area contributed by atoms with Gasteiger partial charge in [-0.2, -0.15) is 5.10 Å². The van der Waals surface area contributed by atoms with Gasteiger partial charge in [0.05, 0.1) is 18.1 Å². The number of carbonyl (C=O) groups excluding carboxylic acids is 1. The molecule has 0 aliphatic carbocycles. The molecule has 0 saturated heterocycles. The summed E-state index contributed by atoms with van der Waals surface area (Å²) in [5.41, 5.74) is 1.58. The van der Waals surface area contributed by atoms with Crippen LogP contribution in [0.1, 0.15) is 16.1 Å². The highest BCUT2D eigenvalue weighted by Crippen LogP contribution is 1.96. The fourth-order valence-electron chi connectivity index (χ4n) is 1.37. The van der Waals surface area contributed by atoms with E-state index in [0.717, 1.165) is 12.1 Å². The number of nitrogens with one attached hydrogen (secondary N) is 2. The lowest BCUT2D eigenvalue weighted by atomic mass is 10.3. The van der Waals surface area contributed by atoms with Crippen LogP contribution in [0.2, 0.25) is 0 Å². The summed E-state index contributed by atoms with van der Waals surface area (Å²) in [4.78, 5) is 18.5. The van der Waals surface area contributed by atoms with E-state index in [2.05, 4.69) is 20.4 Å². The number of nitrogens with zero attached hydrogens (tertiary/aromatic N) is 3. The van der Waals surface area contributed by atoms with Crippen molar-refractivity contribution < 1.29 is 4.79 Å². The number of aromatic nitrogens is 4. The Balaban J connectivity index is 1.80. The Hall–Kier alpha value is -2.11. The van der Waals surface area contributed by atoms with Gasteiger partial charge in [-0.3, -0.25) is 9.48 Å². The lowest BCUT2D eigenvalue weighted by molar-refractivity contribution is 0.0954. The number of imidazole rings is 1. The van der Waals surface area contributed by atoms with Gasteiger partial charge in [-0.05, 0) is 0 Å². The number of rotatable bonds is 4. The van der Waals surface area contributed by atoms with Crippen molar-refractivity contribution in [3.8, 4) is 0 Å². The average Bonchev–Trinajstić information content (AvgIpc) is 2.89. The molecule has 0 bridgehead atoms. The number of aryl methyl sites for hydroxylation is 1. The molecule has 2 heterocycles. The second-order valence-electron chi connectivity index (χ2n) is 3.49. The van der Waals surface area contributed by atoms with Crippen LogP contribution >= 0.6 is 0 Å². The Kier molecular flexibility index (Phi) is 3.00. The SMILES string of the molecule is Cn1cc(C(=O)NCCc2cnc[nH]2)cn1. The zero-order valence-electron chi connectivity index (χ0n) is 8.97. The summed E-state index contributed by atoms with van der Waals surface area (Å²) in [7, 11) is 1.78. The maximum absolute atomic E-state index is 11.6. The molecule has 6 heteroatoms. The van der Waals surface area contributed by atoms with Gasteiger partial charge in [0.15, 0.2) is 0 Å². The van der Waals surface area contributed by atoms with E-state index >= 15 is 0 Å². The number of hydrogen-bond donors (Lipinski definition) is 2. The van der Waals surface area contributed by atoms with Crippen molar-refractivity contribution in [2.24, 2.45) is 7.05 Å². The molecule has 0 unspecified atom stereocenters. The first-order valence-electron chi connectivity index (χ1n) is 5.00. The molecular formula is C10H13N5O. The van der Waals surface area contributed by atoms with Gasteiger partial charge in [-0.15, -0.1) is 0 Å². The van der Waals surface area contributed by atoms with Crippen LogP contribution in [0.3, 0.4) is 0 Å². The first kappa shape index (κ1) is 10.4. The number of aromatic amines is 1. The Morgan fingerprint density at radius 3 is 3.06 bits per heavy atom. The van der Waals surface area contributed by atoms with E-state index in [0.29, 0.717) is 12.1 Å². The molecule has 0 radical (unpaired) electrons. The molecule has 6 nitrogen and oxygen atoms in total. The van der Waals surface area contributed by atoms with Gasteiger partial charge >= 0.3 is 0 Å². The highest BCUT2D eigenvalue weighted by atomic mass is 16.1. The van der Waals surface area contributed by atoms with E-state index in [-0.39, 0.29) is 5.91 Å². The molecule has 0 aliphatic rings. The zero-order valence-corrected chi connectivity index (χ0v) is 8.97. The van der Waals surface area contributed by atoms with Crippen molar-refractivity contribution in [2.45, 2.75) is 6.42 Å². The van der Waals surface area contributed by atoms with Crippen LogP contribution in [-0.4, -0.2) is 32.2 Å². The first-order chi connectivity index (χ1) is 7.75. The maximum atomic E-state index is 11.6. The molecule has 0 aromatic carbocycles. The Bertz CT molecular complexity index is 459. The van der Waals surface area contributed by atoms with Crippen molar-refractivity contribution >= 4 is 5.91 Å². The van der Waals surface area contributed by atoms with Gasteiger partial charge < -0.3 is 10.3 Å². The van der Waals surface area contributed by atoms with E-state index < -0.39 is 0 Å². The molecule has 1 amide bonds. The van der Waals surface area contributed by atoms with E-state index in [9.17, 15) is 4.79 Å². The van der Waals surface area contributed by atoms with Gasteiger partial charge in [-0.1, -0.05) is 0 Å². The number of hydrogen-bond acceptors (Lipinski definition) is 3. The van der Waals surface area contributed by atoms with Gasteiger partial charge in [0.25, 0.3) is 5.91 Å². The minimum atomic E-state index is -0.104. The second-order valence-corrected chi connectivity index (χ2v) is 3.49. The third-order valence-corrected chi connectivity index (χ3v) is 2.20. The minimum absolute atomic E-state index is 0.104. The van der Waals surface area contributed by atoms with E-state index in [1.807, 2.05) is 0 Å². The van der Waals surface area contributed by atoms with Crippen LogP contribution in [0, 0.1) is 0 Å². The minimum Gasteiger partial charge on any atom is -0.352 e. The highest BCUT2D eigenvalue weighted by molar-refractivity contribution is 5.93. The normalized spacial score (nSPS) is 10.3. The Labute approximate surface area is 92.7 Å². The predicted molar refractivity (Wildman–Crippen MR) is 57.8 cm³/mol. The fraction of sp³-hybridized carbons (Fsp3) is 0.300. The summed E-state index contributed by atoms with van der Waals surface area (Å²) in [5.74, 6) is -0.104. The van der Waals surface area contributed by atoms with Gasteiger partial charge in [-0.25, -0.2) is 4.98 Å². The lowest BCUT2D eigenvalue weighted by Gasteiger charge is -2.01. The molecular weight excluding hydrogens is 206 g/mol. The largest absolute Gasteiger partial charge is 0.352 e. The lowest BCUT2D eigenvalue weighted by Crippen LogP contribution is -2.25. The van der Waals surface area contributed by atoms with Gasteiger partial charge in [0.2, 0.25) is 0 Å².